The van der Waals surface area contributed by atoms with Crippen LogP contribution in [0.4, 0.5) is 5.82 Å². The lowest BCUT2D eigenvalue weighted by Gasteiger charge is -2.36. The molecule has 0 aromatic carbocycles. The van der Waals surface area contributed by atoms with Crippen LogP contribution in [-0.4, -0.2) is 50.9 Å². The molecule has 2 aromatic rings. The number of nitrogens with zero attached hydrogens (tertiary/aromatic N) is 3. The summed E-state index contributed by atoms with van der Waals surface area (Å²) >= 11 is 0. The van der Waals surface area contributed by atoms with Crippen molar-refractivity contribution in [3.63, 3.8) is 0 Å². The molecule has 2 aromatic heterocycles. The molecule has 1 aliphatic heterocycles. The Kier molecular flexibility index (Phi) is 4.86. The van der Waals surface area contributed by atoms with Crippen LogP contribution in [-0.2, 0) is 4.79 Å². The molecule has 4 aliphatic carbocycles. The Balaban J connectivity index is 1.05. The predicted molar refractivity (Wildman–Crippen MR) is 132 cm³/mol. The maximum Gasteiger partial charge on any atom is 0.274 e. The summed E-state index contributed by atoms with van der Waals surface area (Å²) in [5.74, 6) is 3.83. The molecule has 1 saturated heterocycles. The van der Waals surface area contributed by atoms with Gasteiger partial charge in [-0.15, -0.1) is 0 Å². The molecule has 5 aliphatic rings. The quantitative estimate of drug-likeness (QED) is 0.657. The maximum absolute atomic E-state index is 13.3. The third kappa shape index (κ3) is 3.45. The molecule has 4 saturated carbocycles. The lowest BCUT2D eigenvalue weighted by atomic mass is 9.69. The van der Waals surface area contributed by atoms with E-state index >= 15 is 0 Å². The van der Waals surface area contributed by atoms with Crippen molar-refractivity contribution in [2.45, 2.75) is 64.2 Å². The van der Waals surface area contributed by atoms with Gasteiger partial charge in [-0.1, -0.05) is 6.07 Å². The number of likely N-dealkylation sites (tertiary alicyclic amines) is 1. The maximum atomic E-state index is 13.3. The summed E-state index contributed by atoms with van der Waals surface area (Å²) in [7, 11) is 0. The van der Waals surface area contributed by atoms with E-state index in [1.807, 2.05) is 27.5 Å². The lowest BCUT2D eigenvalue weighted by Crippen LogP contribution is -2.38. The minimum Gasteiger partial charge on any atom is -0.396 e. The van der Waals surface area contributed by atoms with E-state index in [1.165, 1.54) is 38.5 Å². The highest BCUT2D eigenvalue weighted by Gasteiger charge is 2.72. The van der Waals surface area contributed by atoms with E-state index in [0.29, 0.717) is 48.0 Å². The van der Waals surface area contributed by atoms with E-state index in [1.54, 1.807) is 6.20 Å². The Morgan fingerprint density at radius 2 is 1.97 bits per heavy atom. The number of hydrogen-bond acceptors (Lipinski definition) is 4. The summed E-state index contributed by atoms with van der Waals surface area (Å²) in [4.78, 5) is 32.8. The van der Waals surface area contributed by atoms with Gasteiger partial charge in [0, 0.05) is 32.3 Å². The number of anilines is 1. The molecule has 7 nitrogen and oxygen atoms in total. The summed E-state index contributed by atoms with van der Waals surface area (Å²) < 4.78 is 1.84. The van der Waals surface area contributed by atoms with Crippen molar-refractivity contribution in [1.82, 2.24) is 14.3 Å². The highest BCUT2D eigenvalue weighted by molar-refractivity contribution is 5.94. The molecule has 7 heteroatoms. The largest absolute Gasteiger partial charge is 0.396 e. The number of imidazole rings is 1. The smallest absolute Gasteiger partial charge is 0.274 e. The van der Waals surface area contributed by atoms with Crippen molar-refractivity contribution in [3.05, 3.63) is 30.1 Å². The first kappa shape index (κ1) is 21.8. The topological polar surface area (TPSA) is 86.9 Å². The van der Waals surface area contributed by atoms with Crippen molar-refractivity contribution < 1.29 is 14.7 Å². The number of carbonyl (C=O) groups is 2. The van der Waals surface area contributed by atoms with E-state index in [0.717, 1.165) is 37.0 Å². The summed E-state index contributed by atoms with van der Waals surface area (Å²) in [6, 6.07) is 5.67. The highest BCUT2D eigenvalue weighted by Crippen LogP contribution is 2.80. The van der Waals surface area contributed by atoms with Crippen LogP contribution in [0, 0.1) is 34.5 Å². The number of nitrogens with one attached hydrogen (secondary N) is 1. The molecule has 3 heterocycles. The number of hydrogen-bond donors (Lipinski definition) is 2. The van der Waals surface area contributed by atoms with E-state index in [2.05, 4.69) is 10.3 Å². The molecule has 0 radical (unpaired) electrons. The standard InChI is InChI=1S/C28H36N4O3/c33-11-7-18-5-9-31(10-6-18)26(35)22-17-32-23(29-22)2-1-3-24(32)30-25(34)16-27-12-19-4-8-28(21(19)15-27)14-20(28)13-27/h1-3,17-21,33H,4-16H2,(H,30,34). The van der Waals surface area contributed by atoms with Gasteiger partial charge in [0.15, 0.2) is 0 Å². The SMILES string of the molecule is O=C(CC12CC3CCC4(CC4C1)C3C2)Nc1cccc2nc(C(=O)N3CCC(CCO)CC3)cn12. The van der Waals surface area contributed by atoms with Crippen molar-refractivity contribution in [3.8, 4) is 0 Å². The van der Waals surface area contributed by atoms with Crippen LogP contribution in [0.2, 0.25) is 0 Å². The summed E-state index contributed by atoms with van der Waals surface area (Å²) in [6.45, 7) is 1.61. The second-order valence-electron chi connectivity index (χ2n) is 12.4. The van der Waals surface area contributed by atoms with Crippen molar-refractivity contribution >= 4 is 23.3 Å². The number of carbonyl (C=O) groups excluding carboxylic acids is 2. The number of amides is 2. The van der Waals surface area contributed by atoms with Gasteiger partial charge < -0.3 is 15.3 Å². The second-order valence-corrected chi connectivity index (χ2v) is 12.4. The monoisotopic (exact) mass is 476 g/mol. The van der Waals surface area contributed by atoms with Crippen LogP contribution in [0.5, 0.6) is 0 Å². The normalized spacial score (nSPS) is 35.3. The van der Waals surface area contributed by atoms with Crippen LogP contribution < -0.4 is 5.32 Å². The molecule has 2 amide bonds. The first-order valence-electron chi connectivity index (χ1n) is 13.7. The average Bonchev–Trinajstić information content (AvgIpc) is 3.10. The van der Waals surface area contributed by atoms with Gasteiger partial charge in [-0.25, -0.2) is 4.98 Å². The summed E-state index contributed by atoms with van der Waals surface area (Å²) in [5.41, 5.74) is 1.99. The zero-order chi connectivity index (χ0) is 23.8. The van der Waals surface area contributed by atoms with Gasteiger partial charge in [0.1, 0.15) is 17.2 Å². The number of aliphatic hydroxyl groups is 1. The number of piperidine rings is 1. The van der Waals surface area contributed by atoms with Crippen molar-refractivity contribution in [1.29, 1.82) is 0 Å². The fraction of sp³-hybridized carbons (Fsp3) is 0.679. The van der Waals surface area contributed by atoms with Crippen LogP contribution in [0.3, 0.4) is 0 Å². The molecule has 5 atom stereocenters. The van der Waals surface area contributed by atoms with E-state index in [4.69, 9.17) is 0 Å². The summed E-state index contributed by atoms with van der Waals surface area (Å²) in [5, 5.41) is 12.3. The molecular formula is C28H36N4O3. The number of aromatic nitrogens is 2. The van der Waals surface area contributed by atoms with Gasteiger partial charge in [0.05, 0.1) is 0 Å². The minimum absolute atomic E-state index is 0.0556. The van der Waals surface area contributed by atoms with E-state index in [9.17, 15) is 14.7 Å². The zero-order valence-corrected chi connectivity index (χ0v) is 20.4. The van der Waals surface area contributed by atoms with Gasteiger partial charge in [0.2, 0.25) is 5.91 Å². The molecule has 5 unspecified atom stereocenters. The van der Waals surface area contributed by atoms with Crippen molar-refractivity contribution in [2.24, 2.45) is 34.5 Å². The number of rotatable bonds is 6. The minimum atomic E-state index is -0.0556. The molecule has 186 valence electrons. The Morgan fingerprint density at radius 3 is 2.80 bits per heavy atom. The lowest BCUT2D eigenvalue weighted by molar-refractivity contribution is -0.119. The predicted octanol–water partition coefficient (Wildman–Crippen LogP) is 4.11. The molecule has 2 N–H and O–H groups in total. The molecule has 7 rings (SSSR count). The Morgan fingerprint density at radius 1 is 1.11 bits per heavy atom. The molecule has 1 spiro atoms. The average molecular weight is 477 g/mol. The van der Waals surface area contributed by atoms with Crippen LogP contribution >= 0.6 is 0 Å². The molecule has 5 fully saturated rings. The van der Waals surface area contributed by atoms with Gasteiger partial charge in [0.25, 0.3) is 5.91 Å². The summed E-state index contributed by atoms with van der Waals surface area (Å²) in [6.07, 6.45) is 13.0. The van der Waals surface area contributed by atoms with E-state index < -0.39 is 0 Å². The van der Waals surface area contributed by atoms with Crippen LogP contribution in [0.15, 0.2) is 24.4 Å². The van der Waals surface area contributed by atoms with E-state index in [-0.39, 0.29) is 23.8 Å². The first-order valence-corrected chi connectivity index (χ1v) is 13.7. The van der Waals surface area contributed by atoms with Gasteiger partial charge in [-0.2, -0.15) is 0 Å². The third-order valence-corrected chi connectivity index (χ3v) is 10.5. The van der Waals surface area contributed by atoms with Crippen molar-refractivity contribution in [2.75, 3.05) is 25.0 Å². The highest BCUT2D eigenvalue weighted by atomic mass is 16.3. The van der Waals surface area contributed by atoms with Gasteiger partial charge in [-0.3, -0.25) is 14.0 Å². The Hall–Kier alpha value is -2.41. The molecule has 2 bridgehead atoms. The van der Waals surface area contributed by atoms with Crippen LogP contribution in [0.1, 0.15) is 74.7 Å². The van der Waals surface area contributed by atoms with Crippen LogP contribution in [0.25, 0.3) is 5.65 Å². The third-order valence-electron chi connectivity index (χ3n) is 10.5. The zero-order valence-electron chi connectivity index (χ0n) is 20.4. The van der Waals surface area contributed by atoms with Gasteiger partial charge in [-0.05, 0) is 104 Å². The number of aliphatic hydroxyl groups excluding tert-OH is 1. The number of pyridine rings is 1. The molecule has 35 heavy (non-hydrogen) atoms. The fourth-order valence-electron chi connectivity index (χ4n) is 8.88. The molecular weight excluding hydrogens is 440 g/mol. The Labute approximate surface area is 206 Å². The first-order chi connectivity index (χ1) is 17.0. The number of fused-ring (bicyclic) bond motifs is 2. The van der Waals surface area contributed by atoms with Gasteiger partial charge >= 0.3 is 0 Å². The Bertz CT molecular complexity index is 1180. The fourth-order valence-corrected chi connectivity index (χ4v) is 8.88. The second kappa shape index (κ2) is 7.79.